The van der Waals surface area contributed by atoms with Crippen LogP contribution in [0.3, 0.4) is 0 Å². The van der Waals surface area contributed by atoms with E-state index in [1.807, 2.05) is 19.9 Å². The Morgan fingerprint density at radius 2 is 2.00 bits per heavy atom. The van der Waals surface area contributed by atoms with Gasteiger partial charge in [-0.1, -0.05) is 12.1 Å². The minimum Gasteiger partial charge on any atom is -0.485 e. The van der Waals surface area contributed by atoms with E-state index in [0.717, 1.165) is 11.4 Å². The van der Waals surface area contributed by atoms with E-state index in [9.17, 15) is 9.59 Å². The number of ether oxygens (including phenoxy) is 2. The number of hydrogen-bond acceptors (Lipinski definition) is 5. The third-order valence-corrected chi connectivity index (χ3v) is 4.00. The molecule has 25 heavy (non-hydrogen) atoms. The standard InChI is InChI=1S/C17H20N4O4/c1-10-16(11(2)21(3)20-10)19-15(22)8-18-17(23)14-9-24-12-6-4-5-7-13(12)25-14/h4-7,14H,8-9H2,1-3H3,(H,18,23)(H,19,22)/t14-/m0/s1. The lowest BCUT2D eigenvalue weighted by Crippen LogP contribution is -2.46. The first-order valence-corrected chi connectivity index (χ1v) is 7.92. The predicted molar refractivity (Wildman–Crippen MR) is 90.7 cm³/mol. The molecule has 0 unspecified atom stereocenters. The molecule has 1 atom stereocenters. The van der Waals surface area contributed by atoms with Gasteiger partial charge >= 0.3 is 0 Å². The van der Waals surface area contributed by atoms with Gasteiger partial charge in [-0.3, -0.25) is 14.3 Å². The molecule has 0 radical (unpaired) electrons. The summed E-state index contributed by atoms with van der Waals surface area (Å²) < 4.78 is 12.8. The molecule has 0 spiro atoms. The zero-order valence-electron chi connectivity index (χ0n) is 14.3. The van der Waals surface area contributed by atoms with E-state index in [1.54, 1.807) is 29.9 Å². The first-order chi connectivity index (χ1) is 12.0. The zero-order valence-corrected chi connectivity index (χ0v) is 14.3. The van der Waals surface area contributed by atoms with Gasteiger partial charge in [0, 0.05) is 7.05 Å². The fourth-order valence-electron chi connectivity index (χ4n) is 2.57. The first kappa shape index (κ1) is 16.8. The monoisotopic (exact) mass is 344 g/mol. The molecule has 0 fully saturated rings. The molecule has 2 aromatic rings. The second kappa shape index (κ2) is 6.84. The Morgan fingerprint density at radius 1 is 1.28 bits per heavy atom. The predicted octanol–water partition coefficient (Wildman–Crippen LogP) is 0.932. The number of rotatable bonds is 4. The van der Waals surface area contributed by atoms with Crippen molar-refractivity contribution in [2.75, 3.05) is 18.5 Å². The molecule has 1 aromatic carbocycles. The molecule has 2 heterocycles. The van der Waals surface area contributed by atoms with E-state index in [2.05, 4.69) is 15.7 Å². The van der Waals surface area contributed by atoms with Gasteiger partial charge in [-0.05, 0) is 26.0 Å². The Morgan fingerprint density at radius 3 is 2.68 bits per heavy atom. The number of aryl methyl sites for hydroxylation is 2. The number of benzene rings is 1. The summed E-state index contributed by atoms with van der Waals surface area (Å²) in [6, 6.07) is 7.13. The summed E-state index contributed by atoms with van der Waals surface area (Å²) in [6.07, 6.45) is -0.787. The number of para-hydroxylation sites is 2. The van der Waals surface area contributed by atoms with E-state index in [-0.39, 0.29) is 19.1 Å². The van der Waals surface area contributed by atoms with Gasteiger partial charge in [-0.15, -0.1) is 0 Å². The smallest absolute Gasteiger partial charge is 0.265 e. The molecule has 2 N–H and O–H groups in total. The molecule has 0 saturated carbocycles. The maximum atomic E-state index is 12.2. The van der Waals surface area contributed by atoms with Crippen LogP contribution in [0, 0.1) is 13.8 Å². The number of hydrogen-bond donors (Lipinski definition) is 2. The molecule has 0 aliphatic carbocycles. The maximum Gasteiger partial charge on any atom is 0.265 e. The number of aromatic nitrogens is 2. The van der Waals surface area contributed by atoms with Crippen molar-refractivity contribution < 1.29 is 19.1 Å². The third kappa shape index (κ3) is 3.57. The Hall–Kier alpha value is -3.03. The average Bonchev–Trinajstić information content (AvgIpc) is 2.85. The average molecular weight is 344 g/mol. The lowest BCUT2D eigenvalue weighted by Gasteiger charge is -2.25. The fourth-order valence-corrected chi connectivity index (χ4v) is 2.57. The van der Waals surface area contributed by atoms with Crippen molar-refractivity contribution in [1.29, 1.82) is 0 Å². The largest absolute Gasteiger partial charge is 0.485 e. The van der Waals surface area contributed by atoms with Crippen molar-refractivity contribution >= 4 is 17.5 Å². The van der Waals surface area contributed by atoms with E-state index in [0.29, 0.717) is 17.2 Å². The van der Waals surface area contributed by atoms with Gasteiger partial charge in [0.05, 0.1) is 23.6 Å². The minimum atomic E-state index is -0.787. The van der Waals surface area contributed by atoms with Gasteiger partial charge in [-0.2, -0.15) is 5.10 Å². The number of fused-ring (bicyclic) bond motifs is 1. The summed E-state index contributed by atoms with van der Waals surface area (Å²) in [5, 5.41) is 9.56. The number of amides is 2. The number of carbonyl (C=O) groups excluding carboxylic acids is 2. The number of nitrogens with one attached hydrogen (secondary N) is 2. The lowest BCUT2D eigenvalue weighted by molar-refractivity contribution is -0.131. The molecule has 8 heteroatoms. The van der Waals surface area contributed by atoms with Crippen LogP contribution in [0.25, 0.3) is 0 Å². The Kier molecular flexibility index (Phi) is 4.60. The van der Waals surface area contributed by atoms with Crippen molar-refractivity contribution in [3.8, 4) is 11.5 Å². The highest BCUT2D eigenvalue weighted by atomic mass is 16.6. The highest BCUT2D eigenvalue weighted by Crippen LogP contribution is 2.30. The number of nitrogens with zero attached hydrogens (tertiary/aromatic N) is 2. The molecule has 2 amide bonds. The van der Waals surface area contributed by atoms with Gasteiger partial charge in [-0.25, -0.2) is 0 Å². The summed E-state index contributed by atoms with van der Waals surface area (Å²) in [4.78, 5) is 24.3. The summed E-state index contributed by atoms with van der Waals surface area (Å²) in [7, 11) is 1.80. The van der Waals surface area contributed by atoms with Crippen LogP contribution in [0.5, 0.6) is 11.5 Å². The third-order valence-electron chi connectivity index (χ3n) is 4.00. The van der Waals surface area contributed by atoms with Crippen LogP contribution in [0.4, 0.5) is 5.69 Å². The van der Waals surface area contributed by atoms with Crippen molar-refractivity contribution in [3.63, 3.8) is 0 Å². The number of carbonyl (C=O) groups is 2. The maximum absolute atomic E-state index is 12.2. The Bertz CT molecular complexity index is 815. The molecule has 0 bridgehead atoms. The molecular weight excluding hydrogens is 324 g/mol. The molecule has 1 aliphatic heterocycles. The normalized spacial score (nSPS) is 15.6. The molecular formula is C17H20N4O4. The van der Waals surface area contributed by atoms with E-state index in [4.69, 9.17) is 9.47 Å². The van der Waals surface area contributed by atoms with Crippen molar-refractivity contribution in [2.45, 2.75) is 20.0 Å². The van der Waals surface area contributed by atoms with Crippen LogP contribution in [0.15, 0.2) is 24.3 Å². The van der Waals surface area contributed by atoms with Gasteiger partial charge in [0.1, 0.15) is 6.61 Å². The zero-order chi connectivity index (χ0) is 18.0. The molecule has 1 aliphatic rings. The van der Waals surface area contributed by atoms with Crippen LogP contribution in [0.1, 0.15) is 11.4 Å². The topological polar surface area (TPSA) is 94.5 Å². The summed E-state index contributed by atoms with van der Waals surface area (Å²) in [5.41, 5.74) is 2.23. The van der Waals surface area contributed by atoms with Crippen LogP contribution in [-0.4, -0.2) is 40.9 Å². The highest BCUT2D eigenvalue weighted by molar-refractivity contribution is 5.96. The van der Waals surface area contributed by atoms with Crippen LogP contribution in [-0.2, 0) is 16.6 Å². The Labute approximate surface area is 145 Å². The van der Waals surface area contributed by atoms with Gasteiger partial charge in [0.25, 0.3) is 5.91 Å². The van der Waals surface area contributed by atoms with Crippen LogP contribution < -0.4 is 20.1 Å². The molecule has 1 aromatic heterocycles. The van der Waals surface area contributed by atoms with Gasteiger partial charge < -0.3 is 20.1 Å². The van der Waals surface area contributed by atoms with Gasteiger partial charge in [0.2, 0.25) is 12.0 Å². The fraction of sp³-hybridized carbons (Fsp3) is 0.353. The van der Waals surface area contributed by atoms with Crippen molar-refractivity contribution in [3.05, 3.63) is 35.7 Å². The summed E-state index contributed by atoms with van der Waals surface area (Å²) in [6.45, 7) is 3.62. The van der Waals surface area contributed by atoms with Crippen LogP contribution in [0.2, 0.25) is 0 Å². The summed E-state index contributed by atoms with van der Waals surface area (Å²) >= 11 is 0. The minimum absolute atomic E-state index is 0.102. The van der Waals surface area contributed by atoms with Gasteiger partial charge in [0.15, 0.2) is 11.5 Å². The number of anilines is 1. The van der Waals surface area contributed by atoms with Crippen LogP contribution >= 0.6 is 0 Å². The second-order valence-electron chi connectivity index (χ2n) is 5.80. The van der Waals surface area contributed by atoms with E-state index >= 15 is 0 Å². The second-order valence-corrected chi connectivity index (χ2v) is 5.80. The highest BCUT2D eigenvalue weighted by Gasteiger charge is 2.27. The van der Waals surface area contributed by atoms with Crippen molar-refractivity contribution in [2.24, 2.45) is 7.05 Å². The molecule has 0 saturated heterocycles. The first-order valence-electron chi connectivity index (χ1n) is 7.92. The summed E-state index contributed by atoms with van der Waals surface area (Å²) in [5.74, 6) is 0.390. The van der Waals surface area contributed by atoms with Crippen molar-refractivity contribution in [1.82, 2.24) is 15.1 Å². The lowest BCUT2D eigenvalue weighted by atomic mass is 10.2. The molecule has 8 nitrogen and oxygen atoms in total. The molecule has 3 rings (SSSR count). The SMILES string of the molecule is Cc1nn(C)c(C)c1NC(=O)CNC(=O)[C@@H]1COc2ccccc2O1. The molecule has 132 valence electrons. The van der Waals surface area contributed by atoms with E-state index in [1.165, 1.54) is 0 Å². The van der Waals surface area contributed by atoms with E-state index < -0.39 is 12.0 Å². The quantitative estimate of drug-likeness (QED) is 0.860. The Balaban J connectivity index is 1.53.